The number of unbranched alkanes of at least 4 members (excludes halogenated alkanes) is 1. The Bertz CT molecular complexity index is 5780. The summed E-state index contributed by atoms with van der Waals surface area (Å²) < 4.78 is 99.7. The smallest absolute Gasteiger partial charge is 0.335 e. The van der Waals surface area contributed by atoms with Gasteiger partial charge in [0.15, 0.2) is 0 Å². The van der Waals surface area contributed by atoms with Gasteiger partial charge in [-0.2, -0.15) is 87.7 Å². The normalized spacial score (nSPS) is 11.8. The molecule has 10 aromatic rings. The number of azo groups is 4. The predicted octanol–water partition coefficient (Wildman–Crippen LogP) is 16.6. The highest BCUT2D eigenvalue weighted by Crippen LogP contribution is 2.39. The minimum absolute atomic E-state index is 0.00300. The van der Waals surface area contributed by atoms with Gasteiger partial charge >= 0.3 is 29.8 Å². The number of rotatable bonds is 53. The average molecular weight is 1810 g/mol. The van der Waals surface area contributed by atoms with E-state index in [1.807, 2.05) is 0 Å². The minimum atomic E-state index is -4.42. The second-order valence-corrected chi connectivity index (χ2v) is 30.5. The first-order chi connectivity index (χ1) is 60.7. The lowest BCUT2D eigenvalue weighted by Crippen LogP contribution is -2.30. The highest BCUT2D eigenvalue weighted by Gasteiger charge is 2.23. The van der Waals surface area contributed by atoms with Crippen LogP contribution >= 0.6 is 24.1 Å². The highest BCUT2D eigenvalue weighted by atomic mass is 32.2. The maximum atomic E-state index is 13.4. The number of benzene rings is 8. The molecule has 0 saturated heterocycles. The summed E-state index contributed by atoms with van der Waals surface area (Å²) in [6, 6.07) is 39.1. The number of aliphatic carboxylic acids is 1. The molecule has 0 aliphatic rings. The van der Waals surface area contributed by atoms with Gasteiger partial charge in [-0.05, 0) is 191 Å². The van der Waals surface area contributed by atoms with Crippen LogP contribution in [0.5, 0.6) is 23.0 Å². The fourth-order valence-electron chi connectivity index (χ4n) is 10.6. The third-order valence-corrected chi connectivity index (χ3v) is 19.4. The van der Waals surface area contributed by atoms with Crippen LogP contribution in [-0.4, -0.2) is 184 Å². The topological polar surface area (TPSA) is 658 Å². The van der Waals surface area contributed by atoms with Crippen LogP contribution in [0.25, 0.3) is 0 Å². The van der Waals surface area contributed by atoms with E-state index in [0.717, 1.165) is 24.1 Å². The monoisotopic (exact) mass is 1810 g/mol. The van der Waals surface area contributed by atoms with Crippen LogP contribution < -0.4 is 50.8 Å². The molecule has 0 bridgehead atoms. The lowest BCUT2D eigenvalue weighted by molar-refractivity contribution is -0.432. The zero-order valence-electron chi connectivity index (χ0n) is 65.4. The van der Waals surface area contributed by atoms with E-state index < -0.39 is 67.6 Å². The molecule has 0 spiro atoms. The fourth-order valence-corrected chi connectivity index (χ4v) is 12.2. The Morgan fingerprint density at radius 2 is 0.619 bits per heavy atom. The van der Waals surface area contributed by atoms with Crippen molar-refractivity contribution in [2.24, 2.45) is 40.9 Å². The van der Waals surface area contributed by atoms with Gasteiger partial charge in [0.25, 0.3) is 20.2 Å². The van der Waals surface area contributed by atoms with Crippen molar-refractivity contribution >= 4 is 178 Å². The van der Waals surface area contributed by atoms with Gasteiger partial charge in [0.2, 0.25) is 35.7 Å². The quantitative estimate of drug-likeness (QED) is 0.00420. The number of ether oxygens (including phenoxy) is 4. The molecule has 0 saturated carbocycles. The first kappa shape index (κ1) is 94.1. The molecule has 8 aromatic carbocycles. The zero-order chi connectivity index (χ0) is 89.8. The van der Waals surface area contributed by atoms with Crippen LogP contribution in [0.1, 0.15) is 86.4 Å². The number of nitrogens with zero attached hydrogens (tertiary/aromatic N) is 14. The third-order valence-electron chi connectivity index (χ3n) is 16.5. The van der Waals surface area contributed by atoms with E-state index in [0.29, 0.717) is 35.7 Å². The Kier molecular flexibility index (Phi) is 35.4. The number of aromatic nitrogens is 6. The summed E-state index contributed by atoms with van der Waals surface area (Å²) in [5.41, 5.74) is 3.00. The van der Waals surface area contributed by atoms with Crippen molar-refractivity contribution in [2.75, 3.05) is 87.9 Å². The van der Waals surface area contributed by atoms with Crippen LogP contribution in [0.4, 0.5) is 104 Å². The van der Waals surface area contributed by atoms with Crippen LogP contribution in [0.15, 0.2) is 211 Å². The molecule has 50 heteroatoms. The largest absolute Gasteiger partial charge is 0.491 e. The van der Waals surface area contributed by atoms with Crippen molar-refractivity contribution in [3.63, 3.8) is 0 Å². The van der Waals surface area contributed by atoms with Gasteiger partial charge in [0.1, 0.15) is 29.0 Å². The summed E-state index contributed by atoms with van der Waals surface area (Å²) in [6.45, 7) is -0.372. The van der Waals surface area contributed by atoms with Crippen LogP contribution in [0.2, 0.25) is 0 Å². The van der Waals surface area contributed by atoms with Crippen molar-refractivity contribution in [1.29, 1.82) is 0 Å². The molecular weight excluding hydrogens is 1740 g/mol. The lowest BCUT2D eigenvalue weighted by Gasteiger charge is -2.18. The summed E-state index contributed by atoms with van der Waals surface area (Å²) in [5.74, 6) is -7.43. The molecular formula is C76H76N20O26S4. The number of hydrogen-bond acceptors (Lipinski definition) is 41. The van der Waals surface area contributed by atoms with Crippen LogP contribution in [0.3, 0.4) is 0 Å². The van der Waals surface area contributed by atoms with E-state index >= 15 is 0 Å². The second kappa shape index (κ2) is 47.4. The molecule has 10 rings (SSSR count). The van der Waals surface area contributed by atoms with Gasteiger partial charge in [-0.15, -0.1) is 8.67 Å². The van der Waals surface area contributed by atoms with Crippen molar-refractivity contribution in [3.05, 3.63) is 192 Å². The van der Waals surface area contributed by atoms with Gasteiger partial charge in [-0.25, -0.2) is 34.5 Å². The molecule has 0 amide bonds. The standard InChI is InChI=1S/C76H76N20O26S4/c97-66(98)45-8-16-49(17-9-45)89-93-53-24-28-57(62(41-53)115-33-3-37-123-121-119-107)78-72-83-71(84-73(85-72)79-59-30-26-55(43-64(59)117-35-5-39-125(109,110)111)95-91-51-20-12-47(13-21-51)68(101)102)77-32-2-1-7-61(70(105)106)82-76-87-74(80-58-29-25-54(42-63(58)116-34-4-38-124-122-120-108)94-90-50-18-10-46(11-19-50)67(99)100)86-75(88-76)81-60-31-27-56(44-65(60)118-36-6-40-126(112,113)114)96-92-52-22-14-48(15-23-52)69(103)104/h8-31,41-44,61,107-108H,1-7,32-40H2,(H,97,98)(H,99,100)(H,101,102)(H,103,104)(H,105,106)(H,109,110,111)(H,112,113,114)(H3,77,78,79,83,84,85)(H3,80,81,82,86,87,88). The van der Waals surface area contributed by atoms with Crippen LogP contribution in [0, 0.1) is 0 Å². The predicted molar refractivity (Wildman–Crippen MR) is 454 cm³/mol. The molecule has 15 N–H and O–H groups in total. The van der Waals surface area contributed by atoms with Crippen molar-refractivity contribution < 1.29 is 124 Å². The molecule has 660 valence electrons. The SMILES string of the molecule is O=C(O)c1ccc(N=Nc2ccc(Nc3nc(NCCCCC(Nc4nc(Nc5ccc(N=Nc6ccc(C(=O)O)cc6)cc5OCCCSOOO)nc(Nc5ccc(N=Nc6ccc(C(=O)O)cc6)cc5OCCCS(=O)(=O)O)n4)C(=O)O)nc(Nc4ccc(N=Nc5ccc(C(=O)O)cc5)cc4OCCCS(=O)(=O)O)n3)c(OCCCSOOO)c2)cc1. The number of hydrogen-bond donors (Lipinski definition) is 15. The number of anilines is 10. The first-order valence-electron chi connectivity index (χ1n) is 37.2. The Labute approximate surface area is 722 Å². The zero-order valence-corrected chi connectivity index (χ0v) is 68.7. The van der Waals surface area contributed by atoms with Crippen molar-refractivity contribution in [3.8, 4) is 23.0 Å². The Morgan fingerprint density at radius 1 is 0.349 bits per heavy atom. The summed E-state index contributed by atoms with van der Waals surface area (Å²) in [4.78, 5) is 87.3. The molecule has 46 nitrogen and oxygen atoms in total. The molecule has 126 heavy (non-hydrogen) atoms. The first-order valence-corrected chi connectivity index (χ1v) is 42.2. The van der Waals surface area contributed by atoms with E-state index in [1.165, 1.54) is 146 Å². The van der Waals surface area contributed by atoms with Gasteiger partial charge in [-0.3, -0.25) is 9.11 Å². The van der Waals surface area contributed by atoms with Gasteiger partial charge in [0.05, 0.1) is 128 Å². The van der Waals surface area contributed by atoms with Crippen molar-refractivity contribution in [2.45, 2.75) is 51.0 Å². The number of carboxylic acid groups (broad SMARTS) is 5. The maximum Gasteiger partial charge on any atom is 0.335 e. The number of nitrogens with one attached hydrogen (secondary N) is 6. The molecule has 1 atom stereocenters. The Hall–Kier alpha value is -14.2. The fraction of sp³-hybridized carbons (Fsp3) is 0.224. The summed E-state index contributed by atoms with van der Waals surface area (Å²) in [7, 11) is -8.83. The summed E-state index contributed by atoms with van der Waals surface area (Å²) >= 11 is 1.58. The maximum absolute atomic E-state index is 13.4. The van der Waals surface area contributed by atoms with E-state index in [1.54, 1.807) is 24.3 Å². The van der Waals surface area contributed by atoms with E-state index in [9.17, 15) is 75.4 Å². The third kappa shape index (κ3) is 31.9. The molecule has 2 heterocycles. The molecule has 0 fully saturated rings. The Morgan fingerprint density at radius 3 is 0.897 bits per heavy atom. The Balaban J connectivity index is 0.953. The molecule has 0 aliphatic heterocycles. The van der Waals surface area contributed by atoms with Gasteiger partial charge in [-0.1, -0.05) is 10.1 Å². The molecule has 2 aromatic heterocycles. The number of carboxylic acids is 5. The van der Waals surface area contributed by atoms with Crippen LogP contribution in [-0.2, 0) is 43.8 Å². The summed E-state index contributed by atoms with van der Waals surface area (Å²) in [5, 5.41) is 126. The average Bonchev–Trinajstić information content (AvgIpc) is 0.819. The summed E-state index contributed by atoms with van der Waals surface area (Å²) in [6.07, 6.45) is 0.611. The highest BCUT2D eigenvalue weighted by molar-refractivity contribution is 7.94. The van der Waals surface area contributed by atoms with Gasteiger partial charge in [0, 0.05) is 66.4 Å². The van der Waals surface area contributed by atoms with E-state index in [-0.39, 0.29) is 203 Å². The minimum Gasteiger partial charge on any atom is -0.491 e. The molecule has 0 radical (unpaired) electrons. The molecule has 1 unspecified atom stereocenters. The second-order valence-electron chi connectivity index (χ2n) is 25.8. The molecule has 0 aliphatic carbocycles. The van der Waals surface area contributed by atoms with E-state index in [2.05, 4.69) is 121 Å². The van der Waals surface area contributed by atoms with Crippen molar-refractivity contribution in [1.82, 2.24) is 29.9 Å². The lowest BCUT2D eigenvalue weighted by atomic mass is 10.1. The van der Waals surface area contributed by atoms with Gasteiger partial charge < -0.3 is 76.4 Å². The van der Waals surface area contributed by atoms with E-state index in [4.69, 9.17) is 29.5 Å². The number of aromatic carboxylic acids is 4. The number of carbonyl (C=O) groups is 5.